The summed E-state index contributed by atoms with van der Waals surface area (Å²) in [5.41, 5.74) is 5.62. The summed E-state index contributed by atoms with van der Waals surface area (Å²) in [6.07, 6.45) is 1.82. The van der Waals surface area contributed by atoms with E-state index in [-0.39, 0.29) is 23.0 Å². The lowest BCUT2D eigenvalue weighted by Gasteiger charge is -2.26. The number of hydrogen-bond donors (Lipinski definition) is 1. The Morgan fingerprint density at radius 2 is 2.05 bits per heavy atom. The number of nitrogens with two attached hydrogens (primary N) is 1. The largest absolute Gasteiger partial charge is 0.329 e. The van der Waals surface area contributed by atoms with E-state index in [0.29, 0.717) is 6.07 Å². The molecule has 2 rings (SSSR count). The zero-order valence-electron chi connectivity index (χ0n) is 10.8. The summed E-state index contributed by atoms with van der Waals surface area (Å²) >= 11 is 2.91. The van der Waals surface area contributed by atoms with Gasteiger partial charge < -0.3 is 5.73 Å². The minimum Gasteiger partial charge on any atom is -0.329 e. The van der Waals surface area contributed by atoms with Crippen molar-refractivity contribution in [3.8, 4) is 0 Å². The Morgan fingerprint density at radius 1 is 1.45 bits per heavy atom. The minimum absolute atomic E-state index is 0.131. The maximum Gasteiger partial charge on any atom is 0.247 e. The Labute approximate surface area is 125 Å². The lowest BCUT2D eigenvalue weighted by Crippen LogP contribution is -2.43. The van der Waals surface area contributed by atoms with E-state index in [4.69, 9.17) is 5.73 Å². The van der Waals surface area contributed by atoms with Crippen molar-refractivity contribution in [2.75, 3.05) is 13.6 Å². The number of halogens is 3. The number of sulfonamides is 1. The van der Waals surface area contributed by atoms with E-state index in [9.17, 15) is 17.2 Å². The van der Waals surface area contributed by atoms with Crippen LogP contribution in [0.4, 0.5) is 8.78 Å². The third-order valence-electron chi connectivity index (χ3n) is 3.47. The van der Waals surface area contributed by atoms with Gasteiger partial charge in [0.25, 0.3) is 0 Å². The summed E-state index contributed by atoms with van der Waals surface area (Å²) in [5, 5.41) is 0. The molecule has 0 bridgehead atoms. The molecule has 1 aromatic rings. The smallest absolute Gasteiger partial charge is 0.247 e. The van der Waals surface area contributed by atoms with Crippen LogP contribution in [0.1, 0.15) is 12.8 Å². The molecule has 1 atom stereocenters. The molecule has 1 aromatic carbocycles. The molecule has 0 aliphatic heterocycles. The van der Waals surface area contributed by atoms with Gasteiger partial charge in [0.1, 0.15) is 16.5 Å². The van der Waals surface area contributed by atoms with Gasteiger partial charge in [0.2, 0.25) is 10.0 Å². The summed E-state index contributed by atoms with van der Waals surface area (Å²) in [7, 11) is -2.69. The predicted molar refractivity (Wildman–Crippen MR) is 74.6 cm³/mol. The van der Waals surface area contributed by atoms with Crippen LogP contribution in [0.2, 0.25) is 0 Å². The lowest BCUT2D eigenvalue weighted by atomic mass is 10.2. The summed E-state index contributed by atoms with van der Waals surface area (Å²) in [5.74, 6) is -1.74. The van der Waals surface area contributed by atoms with E-state index in [1.807, 2.05) is 0 Å². The van der Waals surface area contributed by atoms with Crippen molar-refractivity contribution in [3.05, 3.63) is 28.2 Å². The summed E-state index contributed by atoms with van der Waals surface area (Å²) in [6.45, 7) is 0.167. The summed E-state index contributed by atoms with van der Waals surface area (Å²) in [6, 6.07) is 1.12. The van der Waals surface area contributed by atoms with E-state index in [1.54, 1.807) is 0 Å². The van der Waals surface area contributed by atoms with Crippen LogP contribution in [0.3, 0.4) is 0 Å². The highest BCUT2D eigenvalue weighted by Crippen LogP contribution is 2.37. The van der Waals surface area contributed by atoms with Crippen molar-refractivity contribution in [3.63, 3.8) is 0 Å². The van der Waals surface area contributed by atoms with Gasteiger partial charge in [-0.2, -0.15) is 4.31 Å². The van der Waals surface area contributed by atoms with E-state index in [2.05, 4.69) is 15.9 Å². The normalized spacial score (nSPS) is 17.5. The van der Waals surface area contributed by atoms with Crippen LogP contribution >= 0.6 is 15.9 Å². The topological polar surface area (TPSA) is 63.4 Å². The van der Waals surface area contributed by atoms with Gasteiger partial charge in [-0.25, -0.2) is 17.2 Å². The van der Waals surface area contributed by atoms with Gasteiger partial charge in [-0.15, -0.1) is 0 Å². The van der Waals surface area contributed by atoms with Crippen molar-refractivity contribution in [1.82, 2.24) is 4.31 Å². The average Bonchev–Trinajstić information content (AvgIpc) is 3.12. The van der Waals surface area contributed by atoms with Crippen LogP contribution in [-0.4, -0.2) is 32.4 Å². The third-order valence-corrected chi connectivity index (χ3v) is 6.32. The molecule has 0 heterocycles. The van der Waals surface area contributed by atoms with Crippen molar-refractivity contribution in [1.29, 1.82) is 0 Å². The Kier molecular flexibility index (Phi) is 4.48. The molecule has 8 heteroatoms. The second-order valence-electron chi connectivity index (χ2n) is 4.86. The maximum atomic E-state index is 13.8. The van der Waals surface area contributed by atoms with E-state index >= 15 is 0 Å². The maximum absolute atomic E-state index is 13.8. The monoisotopic (exact) mass is 368 g/mol. The molecule has 0 aromatic heterocycles. The Hall–Kier alpha value is -0.570. The highest BCUT2D eigenvalue weighted by molar-refractivity contribution is 9.10. The van der Waals surface area contributed by atoms with Gasteiger partial charge in [-0.3, -0.25) is 0 Å². The first-order valence-electron chi connectivity index (χ1n) is 6.11. The zero-order valence-corrected chi connectivity index (χ0v) is 13.2. The van der Waals surface area contributed by atoms with E-state index in [1.165, 1.54) is 7.05 Å². The molecule has 0 radical (unpaired) electrons. The van der Waals surface area contributed by atoms with Gasteiger partial charge in [0.15, 0.2) is 0 Å². The Morgan fingerprint density at radius 3 is 2.50 bits per heavy atom. The predicted octanol–water partition coefficient (Wildman–Crippen LogP) is 2.09. The van der Waals surface area contributed by atoms with Crippen molar-refractivity contribution in [2.24, 2.45) is 11.7 Å². The number of likely N-dealkylation sites (N-methyl/N-ethyl adjacent to an activating group) is 1. The molecule has 0 amide bonds. The fourth-order valence-corrected chi connectivity index (χ4v) is 4.75. The molecule has 1 aliphatic carbocycles. The molecule has 0 saturated heterocycles. The number of benzene rings is 1. The van der Waals surface area contributed by atoms with Crippen LogP contribution in [0.25, 0.3) is 0 Å². The molecule has 112 valence electrons. The molecule has 1 saturated carbocycles. The van der Waals surface area contributed by atoms with Gasteiger partial charge >= 0.3 is 0 Å². The molecule has 0 spiro atoms. The fourth-order valence-electron chi connectivity index (χ4n) is 2.22. The highest BCUT2D eigenvalue weighted by atomic mass is 79.9. The molecule has 4 nitrogen and oxygen atoms in total. The first kappa shape index (κ1) is 15.8. The van der Waals surface area contributed by atoms with Gasteiger partial charge in [0, 0.05) is 30.2 Å². The number of hydrogen-bond acceptors (Lipinski definition) is 3. The number of nitrogens with zero attached hydrogens (tertiary/aromatic N) is 1. The van der Waals surface area contributed by atoms with E-state index in [0.717, 1.165) is 23.2 Å². The van der Waals surface area contributed by atoms with Gasteiger partial charge in [0.05, 0.1) is 0 Å². The summed E-state index contributed by atoms with van der Waals surface area (Å²) in [4.78, 5) is -0.555. The van der Waals surface area contributed by atoms with Crippen molar-refractivity contribution >= 4 is 26.0 Å². The Bertz CT molecular complexity index is 597. The quantitative estimate of drug-likeness (QED) is 0.865. The highest BCUT2D eigenvalue weighted by Gasteiger charge is 2.39. The Balaban J connectivity index is 2.44. The van der Waals surface area contributed by atoms with E-state index < -0.39 is 26.6 Å². The summed E-state index contributed by atoms with van der Waals surface area (Å²) < 4.78 is 52.9. The van der Waals surface area contributed by atoms with Gasteiger partial charge in [-0.1, -0.05) is 0 Å². The lowest BCUT2D eigenvalue weighted by molar-refractivity contribution is 0.338. The average molecular weight is 369 g/mol. The first-order valence-corrected chi connectivity index (χ1v) is 8.35. The van der Waals surface area contributed by atoms with Crippen LogP contribution in [0.15, 0.2) is 21.5 Å². The van der Waals surface area contributed by atoms with Crippen LogP contribution in [0.5, 0.6) is 0 Å². The molecule has 1 aliphatic rings. The number of rotatable bonds is 5. The van der Waals surface area contributed by atoms with Crippen molar-refractivity contribution < 1.29 is 17.2 Å². The van der Waals surface area contributed by atoms with Crippen LogP contribution in [-0.2, 0) is 10.0 Å². The molecule has 2 N–H and O–H groups in total. The minimum atomic E-state index is -4.07. The molecule has 1 fully saturated rings. The van der Waals surface area contributed by atoms with Crippen LogP contribution in [0, 0.1) is 17.6 Å². The standard InChI is InChI=1S/C12H15BrF2N2O2S/c1-17(11(6-16)7-2-3-7)20(18,19)12-9(13)4-8(14)5-10(12)15/h4-5,7,11H,2-3,6,16H2,1H3. The third kappa shape index (κ3) is 2.88. The second-order valence-corrected chi connectivity index (χ2v) is 7.65. The SMILES string of the molecule is CN(C(CN)C1CC1)S(=O)(=O)c1c(F)cc(F)cc1Br. The molecule has 1 unspecified atom stereocenters. The van der Waals surface area contributed by atoms with Gasteiger partial charge in [-0.05, 0) is 40.8 Å². The zero-order chi connectivity index (χ0) is 15.1. The molecule has 20 heavy (non-hydrogen) atoms. The second kappa shape index (κ2) is 5.67. The van der Waals surface area contributed by atoms with Crippen molar-refractivity contribution in [2.45, 2.75) is 23.8 Å². The fraction of sp³-hybridized carbons (Fsp3) is 0.500. The molecular weight excluding hydrogens is 354 g/mol. The first-order chi connectivity index (χ1) is 9.28. The molecular formula is C12H15BrF2N2O2S. The van der Waals surface area contributed by atoms with Crippen LogP contribution < -0.4 is 5.73 Å².